The van der Waals surface area contributed by atoms with Crippen LogP contribution >= 0.6 is 11.6 Å². The number of fused-ring (bicyclic) bond motifs is 1. The second kappa shape index (κ2) is 6.61. The molecule has 26 heavy (non-hydrogen) atoms. The van der Waals surface area contributed by atoms with Gasteiger partial charge in [-0.3, -0.25) is 9.78 Å². The number of aromatic nitrogens is 3. The first-order valence-electron chi connectivity index (χ1n) is 8.11. The molecule has 0 fully saturated rings. The molecule has 2 N–H and O–H groups in total. The summed E-state index contributed by atoms with van der Waals surface area (Å²) in [5.74, 6) is 0. The summed E-state index contributed by atoms with van der Waals surface area (Å²) in [6, 6.07) is 18.7. The lowest BCUT2D eigenvalue weighted by Crippen LogP contribution is -2.34. The lowest BCUT2D eigenvalue weighted by molar-refractivity contribution is -0.349. The number of nitrogens with one attached hydrogen (secondary N) is 2. The van der Waals surface area contributed by atoms with Crippen molar-refractivity contribution < 1.29 is 4.98 Å². The Hall–Kier alpha value is -3.18. The first kappa shape index (κ1) is 16.3. The van der Waals surface area contributed by atoms with Crippen LogP contribution in [0.3, 0.4) is 0 Å². The number of pyridine rings is 1. The van der Waals surface area contributed by atoms with Gasteiger partial charge in [0.25, 0.3) is 11.2 Å². The van der Waals surface area contributed by atoms with Crippen LogP contribution in [0.25, 0.3) is 22.2 Å². The molecule has 0 aliphatic carbocycles. The van der Waals surface area contributed by atoms with Crippen LogP contribution in [0.2, 0.25) is 5.02 Å². The van der Waals surface area contributed by atoms with Gasteiger partial charge in [-0.2, -0.15) is 4.57 Å². The summed E-state index contributed by atoms with van der Waals surface area (Å²) < 4.78 is 1.52. The number of hydrogen-bond acceptors (Lipinski definition) is 2. The number of halogens is 1. The fourth-order valence-electron chi connectivity index (χ4n) is 3.08. The largest absolute Gasteiger partial charge is 0.416 e. The van der Waals surface area contributed by atoms with Crippen LogP contribution in [0.4, 0.5) is 0 Å². The molecule has 0 amide bonds. The highest BCUT2D eigenvalue weighted by Gasteiger charge is 2.20. The first-order chi connectivity index (χ1) is 12.6. The molecule has 0 saturated heterocycles. The molecule has 0 aliphatic rings. The normalized spacial score (nSPS) is 11.0. The molecule has 6 heteroatoms. The van der Waals surface area contributed by atoms with E-state index in [2.05, 4.69) is 9.97 Å². The van der Waals surface area contributed by atoms with Crippen LogP contribution < -0.4 is 16.2 Å². The van der Waals surface area contributed by atoms with E-state index in [0.717, 1.165) is 11.1 Å². The van der Waals surface area contributed by atoms with Crippen molar-refractivity contribution in [1.29, 1.82) is 0 Å². The van der Waals surface area contributed by atoms with E-state index in [1.807, 2.05) is 48.5 Å². The van der Waals surface area contributed by atoms with Crippen molar-refractivity contribution in [3.8, 4) is 11.1 Å². The zero-order valence-electron chi connectivity index (χ0n) is 13.7. The van der Waals surface area contributed by atoms with Crippen molar-refractivity contribution in [1.82, 2.24) is 9.55 Å². The van der Waals surface area contributed by atoms with Gasteiger partial charge >= 0.3 is 5.69 Å². The van der Waals surface area contributed by atoms with E-state index in [1.54, 1.807) is 18.3 Å². The maximum absolute atomic E-state index is 12.6. The molecule has 0 atom stereocenters. The van der Waals surface area contributed by atoms with E-state index in [-0.39, 0.29) is 0 Å². The molecule has 4 aromatic rings. The zero-order chi connectivity index (χ0) is 18.1. The van der Waals surface area contributed by atoms with E-state index >= 15 is 0 Å². The second-order valence-corrected chi connectivity index (χ2v) is 6.33. The molecule has 0 bridgehead atoms. The standard InChI is InChI=1S/C20H14ClN3O2/c21-16-9-5-4-8-14(16)15-10-11-22-18-17(15)19(25)23-20(26)24(18)12-13-6-2-1-3-7-13/h1-11H,12H2,(H,23,25,26)/p+1. The highest BCUT2D eigenvalue weighted by Crippen LogP contribution is 2.30. The third-order valence-electron chi connectivity index (χ3n) is 4.29. The number of H-pyrrole nitrogens is 2. The Morgan fingerprint density at radius 3 is 2.42 bits per heavy atom. The molecule has 0 spiro atoms. The Morgan fingerprint density at radius 2 is 1.65 bits per heavy atom. The number of hydrogen-bond donors (Lipinski definition) is 1. The molecule has 0 aliphatic heterocycles. The molecule has 0 saturated carbocycles. The summed E-state index contributed by atoms with van der Waals surface area (Å²) in [5.41, 5.74) is 1.93. The summed E-state index contributed by atoms with van der Waals surface area (Å²) in [6.45, 7) is 0.343. The predicted octanol–water partition coefficient (Wildman–Crippen LogP) is 2.87. The van der Waals surface area contributed by atoms with E-state index in [1.165, 1.54) is 4.57 Å². The minimum atomic E-state index is -0.459. The van der Waals surface area contributed by atoms with E-state index in [0.29, 0.717) is 28.2 Å². The van der Waals surface area contributed by atoms with Gasteiger partial charge in [0, 0.05) is 16.1 Å². The van der Waals surface area contributed by atoms with Gasteiger partial charge in [0.1, 0.15) is 11.9 Å². The lowest BCUT2D eigenvalue weighted by atomic mass is 10.0. The fraction of sp³-hybridized carbons (Fsp3) is 0.0500. The van der Waals surface area contributed by atoms with Crippen LogP contribution in [-0.2, 0) is 6.54 Å². The number of aromatic amines is 2. The van der Waals surface area contributed by atoms with Gasteiger partial charge < -0.3 is 0 Å². The third-order valence-corrected chi connectivity index (χ3v) is 4.62. The average Bonchev–Trinajstić information content (AvgIpc) is 2.66. The topological polar surface area (TPSA) is 69.0 Å². The van der Waals surface area contributed by atoms with Gasteiger partial charge in [0.15, 0.2) is 0 Å². The van der Waals surface area contributed by atoms with Crippen LogP contribution in [0.15, 0.2) is 76.4 Å². The zero-order valence-corrected chi connectivity index (χ0v) is 14.5. The molecule has 0 unspecified atom stereocenters. The van der Waals surface area contributed by atoms with Crippen molar-refractivity contribution in [2.75, 3.05) is 0 Å². The molecule has 5 nitrogen and oxygen atoms in total. The molecule has 2 aromatic heterocycles. The van der Waals surface area contributed by atoms with Crippen molar-refractivity contribution in [2.45, 2.75) is 6.54 Å². The van der Waals surface area contributed by atoms with Gasteiger partial charge in [-0.15, -0.1) is 0 Å². The minimum Gasteiger partial charge on any atom is -0.268 e. The van der Waals surface area contributed by atoms with Gasteiger partial charge in [-0.05, 0) is 17.7 Å². The first-order valence-corrected chi connectivity index (χ1v) is 8.49. The Bertz CT molecular complexity index is 1210. The summed E-state index contributed by atoms with van der Waals surface area (Å²) in [5, 5.41) is 0.941. The lowest BCUT2D eigenvalue weighted by Gasteiger charge is -2.08. The Morgan fingerprint density at radius 1 is 0.923 bits per heavy atom. The van der Waals surface area contributed by atoms with Crippen molar-refractivity contribution in [3.05, 3.63) is 98.3 Å². The SMILES string of the molecule is O=c1[nH]c(=O)n(Cc2ccccc2)c2[nH+]ccc(-c3ccccc3Cl)c12. The van der Waals surface area contributed by atoms with Gasteiger partial charge in [0.05, 0.1) is 6.20 Å². The van der Waals surface area contributed by atoms with Crippen LogP contribution in [-0.4, -0.2) is 9.55 Å². The van der Waals surface area contributed by atoms with Crippen LogP contribution in [0.5, 0.6) is 0 Å². The van der Waals surface area contributed by atoms with Crippen molar-refractivity contribution >= 4 is 22.6 Å². The third kappa shape index (κ3) is 2.82. The fourth-order valence-corrected chi connectivity index (χ4v) is 3.32. The average molecular weight is 365 g/mol. The van der Waals surface area contributed by atoms with Gasteiger partial charge in [0.2, 0.25) is 0 Å². The molecule has 2 heterocycles. The Labute approximate surface area is 153 Å². The number of rotatable bonds is 3. The second-order valence-electron chi connectivity index (χ2n) is 5.93. The smallest absolute Gasteiger partial charge is 0.268 e. The monoisotopic (exact) mass is 364 g/mol. The predicted molar refractivity (Wildman–Crippen MR) is 101 cm³/mol. The molecular formula is C20H15ClN3O2+. The van der Waals surface area contributed by atoms with Crippen LogP contribution in [0, 0.1) is 0 Å². The summed E-state index contributed by atoms with van der Waals surface area (Å²) >= 11 is 6.32. The molecule has 128 valence electrons. The van der Waals surface area contributed by atoms with E-state index in [9.17, 15) is 9.59 Å². The quantitative estimate of drug-likeness (QED) is 0.607. The number of nitrogens with zero attached hydrogens (tertiary/aromatic N) is 1. The maximum atomic E-state index is 12.6. The number of benzene rings is 2. The molecular weight excluding hydrogens is 350 g/mol. The minimum absolute atomic E-state index is 0.343. The Kier molecular flexibility index (Phi) is 4.14. The molecule has 0 radical (unpaired) electrons. The maximum Gasteiger partial charge on any atom is 0.416 e. The van der Waals surface area contributed by atoms with Crippen LogP contribution in [0.1, 0.15) is 5.56 Å². The van der Waals surface area contributed by atoms with Gasteiger partial charge in [-0.25, -0.2) is 9.78 Å². The highest BCUT2D eigenvalue weighted by atomic mass is 35.5. The highest BCUT2D eigenvalue weighted by molar-refractivity contribution is 6.33. The van der Waals surface area contributed by atoms with Crippen molar-refractivity contribution in [3.63, 3.8) is 0 Å². The van der Waals surface area contributed by atoms with Crippen molar-refractivity contribution in [2.24, 2.45) is 0 Å². The summed E-state index contributed by atoms with van der Waals surface area (Å²) in [6.07, 6.45) is 1.71. The van der Waals surface area contributed by atoms with Gasteiger partial charge in [-0.1, -0.05) is 60.1 Å². The molecule has 4 rings (SSSR count). The summed E-state index contributed by atoms with van der Waals surface area (Å²) in [4.78, 5) is 30.5. The van der Waals surface area contributed by atoms with E-state index in [4.69, 9.17) is 11.6 Å². The summed E-state index contributed by atoms with van der Waals surface area (Å²) in [7, 11) is 0. The molecule has 2 aromatic carbocycles. The Balaban J connectivity index is 2.01. The van der Waals surface area contributed by atoms with E-state index < -0.39 is 11.2 Å².